The van der Waals surface area contributed by atoms with Gasteiger partial charge in [-0.25, -0.2) is 0 Å². The molecule has 14 heavy (non-hydrogen) atoms. The maximum Gasteiger partial charge on any atom is 0.0997 e. The molecule has 0 radical (unpaired) electrons. The lowest BCUT2D eigenvalue weighted by Gasteiger charge is -2.30. The molecule has 0 bridgehead atoms. The van der Waals surface area contributed by atoms with Gasteiger partial charge in [0.25, 0.3) is 0 Å². The Morgan fingerprint density at radius 1 is 1.43 bits per heavy atom. The molecule has 1 unspecified atom stereocenters. The van der Waals surface area contributed by atoms with E-state index in [1.54, 1.807) is 0 Å². The highest BCUT2D eigenvalue weighted by Crippen LogP contribution is 2.43. The normalized spacial score (nSPS) is 18.4. The Labute approximate surface area is 91.3 Å². The third-order valence-corrected chi connectivity index (χ3v) is 3.99. The Balaban J connectivity index is 2.79. The van der Waals surface area contributed by atoms with E-state index in [0.717, 1.165) is 26.7 Å². The lowest BCUT2D eigenvalue weighted by Crippen LogP contribution is -2.20. The van der Waals surface area contributed by atoms with E-state index in [1.807, 2.05) is 13.8 Å². The lowest BCUT2D eigenvalue weighted by molar-refractivity contribution is 0.152. The number of halogens is 1. The van der Waals surface area contributed by atoms with Gasteiger partial charge in [0.15, 0.2) is 0 Å². The van der Waals surface area contributed by atoms with E-state index in [9.17, 15) is 5.11 Å². The minimum Gasteiger partial charge on any atom is -0.388 e. The van der Waals surface area contributed by atoms with Crippen molar-refractivity contribution in [1.82, 2.24) is 0 Å². The molecular weight excluding hydrogens is 242 g/mol. The first kappa shape index (κ1) is 9.70. The summed E-state index contributed by atoms with van der Waals surface area (Å²) < 4.78 is 0.986. The number of aliphatic hydroxyl groups is 1. The maximum atomic E-state index is 9.59. The summed E-state index contributed by atoms with van der Waals surface area (Å²) in [5.41, 5.74) is 4.71. The van der Waals surface area contributed by atoms with Crippen molar-refractivity contribution in [2.75, 3.05) is 0 Å². The Morgan fingerprint density at radius 2 is 2.07 bits per heavy atom. The van der Waals surface area contributed by atoms with Crippen molar-refractivity contribution in [3.63, 3.8) is 0 Å². The van der Waals surface area contributed by atoms with E-state index < -0.39 is 0 Å². The second kappa shape index (κ2) is 3.08. The number of nitriles is 1. The SMILES string of the molecule is Cc1c(Br)c2c(c(C)c1C#N)C(O)C2. The number of fused-ring (bicyclic) bond motifs is 1. The molecule has 0 aliphatic heterocycles. The second-order valence-corrected chi connectivity index (χ2v) is 4.46. The van der Waals surface area contributed by atoms with Crippen LogP contribution in [-0.4, -0.2) is 5.11 Å². The van der Waals surface area contributed by atoms with Crippen LogP contribution >= 0.6 is 15.9 Å². The van der Waals surface area contributed by atoms with Gasteiger partial charge in [0, 0.05) is 10.9 Å². The number of hydrogen-bond donors (Lipinski definition) is 1. The summed E-state index contributed by atoms with van der Waals surface area (Å²) in [6.45, 7) is 3.83. The van der Waals surface area contributed by atoms with E-state index in [2.05, 4.69) is 22.0 Å². The molecule has 1 N–H and O–H groups in total. The zero-order chi connectivity index (χ0) is 10.5. The van der Waals surface area contributed by atoms with Gasteiger partial charge < -0.3 is 5.11 Å². The number of aliphatic hydroxyl groups excluding tert-OH is 1. The number of hydrogen-bond acceptors (Lipinski definition) is 2. The standard InChI is InChI=1S/C11H10BrNO/c1-5-8(4-13)6(2)11(12)7-3-9(14)10(5)7/h9,14H,3H2,1-2H3. The van der Waals surface area contributed by atoms with Gasteiger partial charge >= 0.3 is 0 Å². The number of benzene rings is 1. The van der Waals surface area contributed by atoms with Crippen LogP contribution in [0, 0.1) is 25.2 Å². The molecule has 0 spiro atoms. The highest BCUT2D eigenvalue weighted by molar-refractivity contribution is 9.10. The average molecular weight is 252 g/mol. The maximum absolute atomic E-state index is 9.59. The van der Waals surface area contributed by atoms with E-state index in [0.29, 0.717) is 12.0 Å². The molecule has 0 heterocycles. The molecule has 0 saturated heterocycles. The number of nitrogens with zero attached hydrogens (tertiary/aromatic N) is 1. The van der Waals surface area contributed by atoms with E-state index >= 15 is 0 Å². The first-order valence-electron chi connectivity index (χ1n) is 4.47. The molecule has 1 aliphatic carbocycles. The molecule has 72 valence electrons. The lowest BCUT2D eigenvalue weighted by atomic mass is 9.79. The predicted molar refractivity (Wildman–Crippen MR) is 57.0 cm³/mol. The Bertz CT molecular complexity index is 460. The summed E-state index contributed by atoms with van der Waals surface area (Å²) in [7, 11) is 0. The van der Waals surface area contributed by atoms with Crippen LogP contribution in [0.5, 0.6) is 0 Å². The molecule has 3 heteroatoms. The van der Waals surface area contributed by atoms with Gasteiger partial charge in [0.1, 0.15) is 0 Å². The average Bonchev–Trinajstić information content (AvgIpc) is 2.12. The molecule has 1 aromatic rings. The smallest absolute Gasteiger partial charge is 0.0997 e. The van der Waals surface area contributed by atoms with Crippen molar-refractivity contribution in [1.29, 1.82) is 5.26 Å². The molecule has 2 nitrogen and oxygen atoms in total. The molecule has 1 aliphatic rings. The van der Waals surface area contributed by atoms with Gasteiger partial charge in [-0.05, 0) is 36.1 Å². The van der Waals surface area contributed by atoms with Crippen LogP contribution in [-0.2, 0) is 6.42 Å². The molecule has 1 atom stereocenters. The van der Waals surface area contributed by atoms with Gasteiger partial charge in [-0.2, -0.15) is 5.26 Å². The van der Waals surface area contributed by atoms with Crippen molar-refractivity contribution in [2.24, 2.45) is 0 Å². The van der Waals surface area contributed by atoms with Crippen LogP contribution in [0.25, 0.3) is 0 Å². The van der Waals surface area contributed by atoms with Crippen LogP contribution in [0.1, 0.15) is 33.9 Å². The summed E-state index contributed by atoms with van der Waals surface area (Å²) >= 11 is 3.47. The van der Waals surface area contributed by atoms with E-state index in [-0.39, 0.29) is 6.10 Å². The van der Waals surface area contributed by atoms with Crippen molar-refractivity contribution in [2.45, 2.75) is 26.4 Å². The fourth-order valence-corrected chi connectivity index (χ4v) is 2.65. The summed E-state index contributed by atoms with van der Waals surface area (Å²) in [5, 5.41) is 18.6. The fraction of sp³-hybridized carbons (Fsp3) is 0.364. The molecule has 0 fully saturated rings. The topological polar surface area (TPSA) is 44.0 Å². The fourth-order valence-electron chi connectivity index (χ4n) is 2.08. The van der Waals surface area contributed by atoms with Crippen LogP contribution in [0.4, 0.5) is 0 Å². The van der Waals surface area contributed by atoms with Crippen molar-refractivity contribution in [3.05, 3.63) is 32.3 Å². The van der Waals surface area contributed by atoms with Gasteiger partial charge in [0.2, 0.25) is 0 Å². The van der Waals surface area contributed by atoms with Crippen LogP contribution in [0.2, 0.25) is 0 Å². The summed E-state index contributed by atoms with van der Waals surface area (Å²) in [4.78, 5) is 0. The Hall–Kier alpha value is -0.850. The monoisotopic (exact) mass is 251 g/mol. The van der Waals surface area contributed by atoms with Crippen molar-refractivity contribution < 1.29 is 5.11 Å². The largest absolute Gasteiger partial charge is 0.388 e. The highest BCUT2D eigenvalue weighted by atomic mass is 79.9. The van der Waals surface area contributed by atoms with E-state index in [4.69, 9.17) is 5.26 Å². The van der Waals surface area contributed by atoms with Gasteiger partial charge in [0.05, 0.1) is 17.7 Å². The summed E-state index contributed by atoms with van der Waals surface area (Å²) in [5.74, 6) is 0. The first-order valence-corrected chi connectivity index (χ1v) is 5.26. The minimum absolute atomic E-state index is 0.381. The Morgan fingerprint density at radius 3 is 2.57 bits per heavy atom. The van der Waals surface area contributed by atoms with E-state index in [1.165, 1.54) is 0 Å². The highest BCUT2D eigenvalue weighted by Gasteiger charge is 2.31. The molecule has 0 saturated carbocycles. The van der Waals surface area contributed by atoms with Crippen molar-refractivity contribution in [3.8, 4) is 6.07 Å². The second-order valence-electron chi connectivity index (χ2n) is 3.66. The predicted octanol–water partition coefficient (Wildman–Crippen LogP) is 2.53. The first-order chi connectivity index (χ1) is 6.57. The van der Waals surface area contributed by atoms with Crippen LogP contribution in [0.15, 0.2) is 4.47 Å². The molecule has 0 aromatic heterocycles. The zero-order valence-electron chi connectivity index (χ0n) is 8.06. The molecular formula is C11H10BrNO. The molecule has 2 rings (SSSR count). The summed E-state index contributed by atoms with van der Waals surface area (Å²) in [6, 6.07) is 2.19. The van der Waals surface area contributed by atoms with Crippen molar-refractivity contribution >= 4 is 15.9 Å². The molecule has 0 amide bonds. The van der Waals surface area contributed by atoms with Gasteiger partial charge in [-0.15, -0.1) is 0 Å². The minimum atomic E-state index is -0.381. The Kier molecular flexibility index (Phi) is 2.13. The van der Waals surface area contributed by atoms with Crippen LogP contribution < -0.4 is 0 Å². The number of rotatable bonds is 0. The zero-order valence-corrected chi connectivity index (χ0v) is 9.64. The third-order valence-electron chi connectivity index (χ3n) is 2.92. The molecule has 1 aromatic carbocycles. The van der Waals surface area contributed by atoms with Gasteiger partial charge in [-0.3, -0.25) is 0 Å². The van der Waals surface area contributed by atoms with Crippen LogP contribution in [0.3, 0.4) is 0 Å². The van der Waals surface area contributed by atoms with Gasteiger partial charge in [-0.1, -0.05) is 15.9 Å². The quantitative estimate of drug-likeness (QED) is 0.771. The summed E-state index contributed by atoms with van der Waals surface area (Å²) in [6.07, 6.45) is 0.317. The third kappa shape index (κ3) is 1.05.